The van der Waals surface area contributed by atoms with Crippen LogP contribution in [-0.4, -0.2) is 35.1 Å². The molecule has 0 saturated heterocycles. The van der Waals surface area contributed by atoms with Crippen molar-refractivity contribution in [3.63, 3.8) is 0 Å². The lowest BCUT2D eigenvalue weighted by Crippen LogP contribution is -2.26. The van der Waals surface area contributed by atoms with E-state index in [0.717, 1.165) is 12.1 Å². The first kappa shape index (κ1) is 21.8. The van der Waals surface area contributed by atoms with Crippen molar-refractivity contribution in [3.8, 4) is 5.75 Å². The van der Waals surface area contributed by atoms with Gasteiger partial charge < -0.3 is 15.2 Å². The molecule has 3 aromatic rings. The van der Waals surface area contributed by atoms with Gasteiger partial charge in [0, 0.05) is 29.8 Å². The third-order valence-corrected chi connectivity index (χ3v) is 4.35. The summed E-state index contributed by atoms with van der Waals surface area (Å²) >= 11 is 0. The van der Waals surface area contributed by atoms with Gasteiger partial charge in [-0.2, -0.15) is 0 Å². The number of nitrogens with one attached hydrogen (secondary N) is 1. The second-order valence-electron chi connectivity index (χ2n) is 6.61. The largest absolute Gasteiger partial charge is 0.491 e. The highest BCUT2D eigenvalue weighted by atomic mass is 19.2. The van der Waals surface area contributed by atoms with Gasteiger partial charge in [0.15, 0.2) is 17.4 Å². The minimum Gasteiger partial charge on any atom is -0.491 e. The molecular weight excluding hydrogens is 410 g/mol. The Morgan fingerprint density at radius 2 is 1.77 bits per heavy atom. The van der Waals surface area contributed by atoms with Crippen LogP contribution in [0.4, 0.5) is 20.2 Å². The number of ether oxygens (including phenoxy) is 1. The maximum absolute atomic E-state index is 13.2. The van der Waals surface area contributed by atoms with Crippen LogP contribution >= 0.6 is 0 Å². The molecule has 0 bridgehead atoms. The van der Waals surface area contributed by atoms with Crippen LogP contribution in [-0.2, 0) is 0 Å². The van der Waals surface area contributed by atoms with E-state index in [0.29, 0.717) is 5.56 Å². The van der Waals surface area contributed by atoms with Gasteiger partial charge in [-0.1, -0.05) is 30.3 Å². The second kappa shape index (κ2) is 9.77. The van der Waals surface area contributed by atoms with Gasteiger partial charge in [-0.25, -0.2) is 8.78 Å². The first-order valence-electron chi connectivity index (χ1n) is 9.23. The highest BCUT2D eigenvalue weighted by Crippen LogP contribution is 2.27. The minimum atomic E-state index is -1.10. The molecule has 0 aliphatic rings. The Bertz CT molecular complexity index is 1090. The number of nitrogens with zero attached hydrogens (tertiary/aromatic N) is 1. The normalized spacial score (nSPS) is 11.6. The van der Waals surface area contributed by atoms with Crippen LogP contribution in [0.3, 0.4) is 0 Å². The summed E-state index contributed by atoms with van der Waals surface area (Å²) in [6, 6.07) is 15.4. The average molecular weight is 428 g/mol. The van der Waals surface area contributed by atoms with E-state index >= 15 is 0 Å². The number of halogens is 2. The van der Waals surface area contributed by atoms with Gasteiger partial charge in [0.05, 0.1) is 4.92 Å². The van der Waals surface area contributed by atoms with Crippen molar-refractivity contribution in [3.05, 3.63) is 99.6 Å². The number of benzene rings is 3. The molecule has 160 valence electrons. The Hall–Kier alpha value is -3.85. The van der Waals surface area contributed by atoms with Gasteiger partial charge in [-0.15, -0.1) is 0 Å². The van der Waals surface area contributed by atoms with E-state index in [9.17, 15) is 28.8 Å². The summed E-state index contributed by atoms with van der Waals surface area (Å²) in [6.45, 7) is -0.368. The molecule has 0 fully saturated rings. The van der Waals surface area contributed by atoms with Crippen LogP contribution in [0.2, 0.25) is 0 Å². The first-order chi connectivity index (χ1) is 14.8. The number of nitro groups is 1. The van der Waals surface area contributed by atoms with Crippen molar-refractivity contribution in [1.82, 2.24) is 0 Å². The van der Waals surface area contributed by atoms with Crippen LogP contribution in [0.15, 0.2) is 66.7 Å². The molecule has 9 heteroatoms. The smallest absolute Gasteiger partial charge is 0.293 e. The van der Waals surface area contributed by atoms with Crippen molar-refractivity contribution in [2.75, 3.05) is 18.5 Å². The zero-order valence-electron chi connectivity index (χ0n) is 16.1. The van der Waals surface area contributed by atoms with Gasteiger partial charge in [0.1, 0.15) is 24.1 Å². The molecule has 3 aromatic carbocycles. The van der Waals surface area contributed by atoms with Crippen LogP contribution in [0, 0.1) is 21.7 Å². The highest BCUT2D eigenvalue weighted by molar-refractivity contribution is 6.09. The molecule has 0 amide bonds. The summed E-state index contributed by atoms with van der Waals surface area (Å²) in [7, 11) is 0. The van der Waals surface area contributed by atoms with E-state index in [1.165, 1.54) is 24.3 Å². The molecule has 0 spiro atoms. The Morgan fingerprint density at radius 3 is 2.45 bits per heavy atom. The number of aliphatic hydroxyl groups is 1. The second-order valence-corrected chi connectivity index (χ2v) is 6.61. The Morgan fingerprint density at radius 1 is 1.03 bits per heavy atom. The molecule has 0 aliphatic carbocycles. The molecule has 3 rings (SSSR count). The predicted octanol–water partition coefficient (Wildman–Crippen LogP) is 3.96. The monoisotopic (exact) mass is 428 g/mol. The van der Waals surface area contributed by atoms with Crippen molar-refractivity contribution in [2.24, 2.45) is 0 Å². The van der Waals surface area contributed by atoms with Crippen LogP contribution in [0.1, 0.15) is 15.9 Å². The molecule has 31 heavy (non-hydrogen) atoms. The number of carbonyl (C=O) groups is 1. The van der Waals surface area contributed by atoms with Crippen molar-refractivity contribution >= 4 is 17.2 Å². The number of rotatable bonds is 9. The standard InChI is InChI=1S/C22H18F2N2O5/c23-18-8-7-17(11-19(18)24)31-13-16(27)12-25-20-9-6-15(10-21(20)26(29)30)22(28)14-4-2-1-3-5-14/h1-11,16,25,27H,12-13H2. The van der Waals surface area contributed by atoms with Gasteiger partial charge in [-0.05, 0) is 24.3 Å². The zero-order valence-corrected chi connectivity index (χ0v) is 16.1. The lowest BCUT2D eigenvalue weighted by Gasteiger charge is -2.14. The summed E-state index contributed by atoms with van der Waals surface area (Å²) in [5.41, 5.74) is 0.352. The molecule has 1 unspecified atom stereocenters. The number of hydrogen-bond acceptors (Lipinski definition) is 6. The lowest BCUT2D eigenvalue weighted by molar-refractivity contribution is -0.384. The molecule has 0 radical (unpaired) electrons. The van der Waals surface area contributed by atoms with E-state index in [-0.39, 0.29) is 41.6 Å². The SMILES string of the molecule is O=C(c1ccccc1)c1ccc(NCC(O)COc2ccc(F)c(F)c2)c([N+](=O)[O-])c1. The molecule has 2 N–H and O–H groups in total. The molecular formula is C22H18F2N2O5. The Balaban J connectivity index is 1.64. The summed E-state index contributed by atoms with van der Waals surface area (Å²) in [5, 5.41) is 24.2. The fraction of sp³-hybridized carbons (Fsp3) is 0.136. The summed E-state index contributed by atoms with van der Waals surface area (Å²) in [6.07, 6.45) is -1.10. The maximum Gasteiger partial charge on any atom is 0.293 e. The number of carbonyl (C=O) groups excluding carboxylic acids is 1. The molecule has 0 aliphatic heterocycles. The lowest BCUT2D eigenvalue weighted by atomic mass is 10.0. The van der Waals surface area contributed by atoms with Crippen LogP contribution < -0.4 is 10.1 Å². The molecule has 1 atom stereocenters. The molecule has 0 heterocycles. The first-order valence-corrected chi connectivity index (χ1v) is 9.23. The third-order valence-electron chi connectivity index (χ3n) is 4.35. The number of anilines is 1. The van der Waals surface area contributed by atoms with E-state index < -0.39 is 22.7 Å². The van der Waals surface area contributed by atoms with E-state index in [1.807, 2.05) is 0 Å². The number of aliphatic hydroxyl groups excluding tert-OH is 1. The van der Waals surface area contributed by atoms with Gasteiger partial charge in [-0.3, -0.25) is 14.9 Å². The Labute approximate surface area is 176 Å². The minimum absolute atomic E-state index is 0.0349. The Kier molecular flexibility index (Phi) is 6.88. The maximum atomic E-state index is 13.2. The topological polar surface area (TPSA) is 102 Å². The quantitative estimate of drug-likeness (QED) is 0.304. The zero-order chi connectivity index (χ0) is 22.4. The van der Waals surface area contributed by atoms with Crippen LogP contribution in [0.5, 0.6) is 5.75 Å². The number of hydrogen-bond donors (Lipinski definition) is 2. The highest BCUT2D eigenvalue weighted by Gasteiger charge is 2.19. The van der Waals surface area contributed by atoms with Gasteiger partial charge >= 0.3 is 0 Å². The van der Waals surface area contributed by atoms with Crippen molar-refractivity contribution in [2.45, 2.75) is 6.10 Å². The van der Waals surface area contributed by atoms with Crippen molar-refractivity contribution in [1.29, 1.82) is 0 Å². The fourth-order valence-electron chi connectivity index (χ4n) is 2.78. The number of nitro benzene ring substituents is 1. The van der Waals surface area contributed by atoms with Gasteiger partial charge in [0.2, 0.25) is 0 Å². The van der Waals surface area contributed by atoms with Gasteiger partial charge in [0.25, 0.3) is 5.69 Å². The predicted molar refractivity (Wildman–Crippen MR) is 109 cm³/mol. The molecule has 0 saturated carbocycles. The fourth-order valence-corrected chi connectivity index (χ4v) is 2.78. The summed E-state index contributed by atoms with van der Waals surface area (Å²) < 4.78 is 31.3. The van der Waals surface area contributed by atoms with E-state index in [2.05, 4.69) is 5.32 Å². The molecule has 0 aromatic heterocycles. The van der Waals surface area contributed by atoms with Crippen LogP contribution in [0.25, 0.3) is 0 Å². The summed E-state index contributed by atoms with van der Waals surface area (Å²) in [4.78, 5) is 23.3. The summed E-state index contributed by atoms with van der Waals surface area (Å²) in [5.74, 6) is -2.41. The third kappa shape index (κ3) is 5.61. The van der Waals surface area contributed by atoms with E-state index in [4.69, 9.17) is 4.74 Å². The van der Waals surface area contributed by atoms with E-state index in [1.54, 1.807) is 30.3 Å². The average Bonchev–Trinajstić information content (AvgIpc) is 2.78. The number of ketones is 1. The van der Waals surface area contributed by atoms with Crippen molar-refractivity contribution < 1.29 is 28.3 Å². The molecule has 7 nitrogen and oxygen atoms in total.